The lowest BCUT2D eigenvalue weighted by Crippen LogP contribution is -2.50. The average Bonchev–Trinajstić information content (AvgIpc) is 1.71. The maximum Gasteiger partial charge on any atom is 0.410 e. The lowest BCUT2D eigenvalue weighted by atomic mass is 10.1. The monoisotopic (exact) mass is 1300 g/mol. The lowest BCUT2D eigenvalue weighted by Gasteiger charge is -2.35. The minimum Gasteiger partial charge on any atom is -0.444 e. The molecule has 13 heterocycles. The SMILES string of the molecule is CC(C)(C)OC(=O)N1CC2CC1CN2c1ccc2[nH]c(=O)c3ccccc3c2n1.CCN(CC)CCCNc1ccc2[nH]c(=O)c3ccccc3c2n1.CN1CCN(c2ccc3[nH]c(=O)c4ccccc4c3n2)CC1.O=c1[nH]c2ccc(N3CC4CC3CN4)nc2c2ccccc12. The second kappa shape index (κ2) is 27.1. The zero-order chi connectivity index (χ0) is 67.1. The van der Waals surface area contributed by atoms with Gasteiger partial charge >= 0.3 is 6.09 Å². The number of carbonyl (C=O) groups excluding carboxylic acids is 1. The van der Waals surface area contributed by atoms with Gasteiger partial charge in [-0.15, -0.1) is 0 Å². The van der Waals surface area contributed by atoms with Gasteiger partial charge in [0.1, 0.15) is 28.9 Å². The highest BCUT2D eigenvalue weighted by molar-refractivity contribution is 6.06. The largest absolute Gasteiger partial charge is 0.444 e. The highest BCUT2D eigenvalue weighted by atomic mass is 16.6. The topological polar surface area (TPSA) is 253 Å². The van der Waals surface area contributed by atoms with Crippen LogP contribution in [0, 0.1) is 0 Å². The molecule has 5 aliphatic heterocycles. The smallest absolute Gasteiger partial charge is 0.410 e. The number of piperazine rings is 3. The van der Waals surface area contributed by atoms with Crippen LogP contribution in [0.15, 0.2) is 165 Å². The Kier molecular flexibility index (Phi) is 17.9. The molecule has 5 saturated heterocycles. The van der Waals surface area contributed by atoms with Crippen molar-refractivity contribution in [3.63, 3.8) is 0 Å². The van der Waals surface area contributed by atoms with Gasteiger partial charge in [-0.1, -0.05) is 86.6 Å². The number of H-pyrrole nitrogens is 4. The quantitative estimate of drug-likeness (QED) is 0.0550. The Morgan fingerprint density at radius 1 is 0.515 bits per heavy atom. The second-order valence-electron chi connectivity index (χ2n) is 26.9. The zero-order valence-corrected chi connectivity index (χ0v) is 55.7. The van der Waals surface area contributed by atoms with Crippen molar-refractivity contribution in [2.75, 3.05) is 106 Å². The Balaban J connectivity index is 0.000000112. The van der Waals surface area contributed by atoms with E-state index >= 15 is 0 Å². The standard InChI is InChI=1S/C22H24N4O3.C19H24N4O.C17H16N4O.C17H18N4O/c1-22(2,3)29-21(28)26-12-13-10-14(26)11-25(13)18-9-8-17-19(24-18)15-6-4-5-7-16(15)20(27)23-17;1-3-23(4-2)13-7-12-20-17-11-10-16-18(22-17)14-8-5-6-9-15(14)19(24)21-16;22-17-13-4-2-1-3-12(13)16-14(19-17)5-6-15(20-16)21-9-10-7-11(21)8-18-10;1-20-8-10-21(11-9-20)15-7-6-14-16(19-15)12-4-2-3-5-13(12)17(22)18-14/h4-9,13-14H,10-12H2,1-3H3,(H,23,27);5-6,8-11H,3-4,7,12-13H2,1-2H3,(H,20,22)(H,21,24);1-6,10-11,18H,7-9H2,(H,19,22);2-7H,8-11H2,1H3,(H,18,22). The third-order valence-electron chi connectivity index (χ3n) is 19.4. The number of pyridine rings is 8. The fourth-order valence-corrected chi connectivity index (χ4v) is 14.4. The fourth-order valence-electron chi connectivity index (χ4n) is 14.4. The molecule has 8 aromatic heterocycles. The van der Waals surface area contributed by atoms with Crippen LogP contribution in [0.5, 0.6) is 0 Å². The predicted octanol–water partition coefficient (Wildman–Crippen LogP) is 9.95. The van der Waals surface area contributed by atoms with E-state index in [1.54, 1.807) is 0 Å². The Labute approximate surface area is 559 Å². The van der Waals surface area contributed by atoms with Gasteiger partial charge in [0, 0.05) is 114 Å². The van der Waals surface area contributed by atoms with Gasteiger partial charge in [0.25, 0.3) is 22.2 Å². The van der Waals surface area contributed by atoms with Crippen molar-refractivity contribution in [2.24, 2.45) is 0 Å². The molecule has 5 aliphatic rings. The molecular weight excluding hydrogens is 1220 g/mol. The summed E-state index contributed by atoms with van der Waals surface area (Å²) in [5, 5.41) is 13.2. The number of aromatic amines is 4. The minimum atomic E-state index is -0.490. The molecule has 1 amide bonds. The van der Waals surface area contributed by atoms with E-state index in [4.69, 9.17) is 24.7 Å². The summed E-state index contributed by atoms with van der Waals surface area (Å²) in [6.07, 6.45) is 2.96. The van der Waals surface area contributed by atoms with Crippen LogP contribution in [0.3, 0.4) is 0 Å². The average molecular weight is 1300 g/mol. The van der Waals surface area contributed by atoms with E-state index in [0.717, 1.165) is 174 Å². The van der Waals surface area contributed by atoms with Crippen molar-refractivity contribution in [1.29, 1.82) is 0 Å². The van der Waals surface area contributed by atoms with E-state index in [0.29, 0.717) is 40.2 Å². The lowest BCUT2D eigenvalue weighted by molar-refractivity contribution is 0.0214. The number of nitrogens with zero attached hydrogens (tertiary/aromatic N) is 10. The number of anilines is 4. The second-order valence-corrected chi connectivity index (χ2v) is 26.9. The van der Waals surface area contributed by atoms with Crippen LogP contribution < -0.4 is 47.6 Å². The first-order chi connectivity index (χ1) is 47.0. The molecule has 498 valence electrons. The van der Waals surface area contributed by atoms with E-state index < -0.39 is 5.60 Å². The van der Waals surface area contributed by atoms with E-state index in [-0.39, 0.29) is 40.4 Å². The molecule has 4 bridgehead atoms. The molecule has 4 unspecified atom stereocenters. The predicted molar refractivity (Wildman–Crippen MR) is 390 cm³/mol. The third-order valence-corrected chi connectivity index (χ3v) is 19.4. The van der Waals surface area contributed by atoms with Gasteiger partial charge < -0.3 is 64.7 Å². The summed E-state index contributed by atoms with van der Waals surface area (Å²) >= 11 is 0. The van der Waals surface area contributed by atoms with Crippen LogP contribution in [0.2, 0.25) is 0 Å². The van der Waals surface area contributed by atoms with Crippen LogP contribution >= 0.6 is 0 Å². The molecule has 12 aromatic rings. The first-order valence-corrected chi connectivity index (χ1v) is 33.9. The number of likely N-dealkylation sites (tertiary alicyclic amines) is 1. The Morgan fingerprint density at radius 3 is 1.37 bits per heavy atom. The Bertz CT molecular complexity index is 5190. The number of carbonyl (C=O) groups is 1. The first-order valence-electron chi connectivity index (χ1n) is 33.9. The summed E-state index contributed by atoms with van der Waals surface area (Å²) < 4.78 is 5.55. The molecule has 22 heteroatoms. The summed E-state index contributed by atoms with van der Waals surface area (Å²) in [6.45, 7) is 21.7. The fraction of sp³-hybridized carbons (Fsp3) is 0.347. The summed E-state index contributed by atoms with van der Waals surface area (Å²) in [7, 11) is 2.14. The number of nitrogens with one attached hydrogen (secondary N) is 6. The number of benzene rings is 4. The van der Waals surface area contributed by atoms with Crippen LogP contribution in [-0.2, 0) is 4.74 Å². The molecule has 4 aromatic carbocycles. The van der Waals surface area contributed by atoms with Crippen molar-refractivity contribution >= 4 is 117 Å². The van der Waals surface area contributed by atoms with Gasteiger partial charge in [-0.25, -0.2) is 24.7 Å². The molecule has 0 spiro atoms. The van der Waals surface area contributed by atoms with Crippen LogP contribution in [-0.4, -0.2) is 176 Å². The highest BCUT2D eigenvalue weighted by Crippen LogP contribution is 2.37. The molecule has 5 fully saturated rings. The number of rotatable bonds is 10. The van der Waals surface area contributed by atoms with Crippen molar-refractivity contribution in [1.82, 2.24) is 59.9 Å². The molecule has 6 N–H and O–H groups in total. The summed E-state index contributed by atoms with van der Waals surface area (Å²) in [6, 6.07) is 47.6. The number of hydrogen-bond donors (Lipinski definition) is 6. The number of aromatic nitrogens is 8. The molecule has 4 atom stereocenters. The van der Waals surface area contributed by atoms with Gasteiger partial charge in [0.2, 0.25) is 0 Å². The van der Waals surface area contributed by atoms with Crippen molar-refractivity contribution in [2.45, 2.75) is 83.6 Å². The Hall–Kier alpha value is -10.3. The van der Waals surface area contributed by atoms with Crippen molar-refractivity contribution < 1.29 is 9.53 Å². The zero-order valence-electron chi connectivity index (χ0n) is 55.7. The summed E-state index contributed by atoms with van der Waals surface area (Å²) in [5.74, 6) is 3.72. The molecule has 17 rings (SSSR count). The number of hydrogen-bond acceptors (Lipinski definition) is 17. The van der Waals surface area contributed by atoms with Gasteiger partial charge in [0.05, 0.1) is 56.2 Å². The number of likely N-dealkylation sites (N-methyl/N-ethyl adjacent to an activating group) is 1. The number of amides is 1. The van der Waals surface area contributed by atoms with Crippen LogP contribution in [0.4, 0.5) is 28.1 Å². The number of fused-ring (bicyclic) bond motifs is 16. The highest BCUT2D eigenvalue weighted by Gasteiger charge is 2.47. The van der Waals surface area contributed by atoms with Gasteiger partial charge in [-0.3, -0.25) is 19.2 Å². The van der Waals surface area contributed by atoms with Gasteiger partial charge in [-0.2, -0.15) is 0 Å². The third kappa shape index (κ3) is 13.3. The van der Waals surface area contributed by atoms with E-state index in [2.05, 4.69) is 76.0 Å². The molecule has 0 aliphatic carbocycles. The van der Waals surface area contributed by atoms with Crippen LogP contribution in [0.1, 0.15) is 53.9 Å². The summed E-state index contributed by atoms with van der Waals surface area (Å²) in [5.41, 5.74) is 5.70. The number of ether oxygens (including phenoxy) is 1. The normalized spacial score (nSPS) is 18.3. The minimum absolute atomic E-state index is 0.0536. The van der Waals surface area contributed by atoms with E-state index in [1.165, 1.54) is 6.42 Å². The molecule has 0 radical (unpaired) electrons. The Morgan fingerprint density at radius 2 is 0.948 bits per heavy atom. The van der Waals surface area contributed by atoms with Crippen LogP contribution in [0.25, 0.3) is 87.2 Å². The first kappa shape index (κ1) is 64.1. The van der Waals surface area contributed by atoms with Crippen molar-refractivity contribution in [3.05, 3.63) is 187 Å². The van der Waals surface area contributed by atoms with Gasteiger partial charge in [0.15, 0.2) is 0 Å². The van der Waals surface area contributed by atoms with E-state index in [9.17, 15) is 24.0 Å². The van der Waals surface area contributed by atoms with Gasteiger partial charge in [-0.05, 0) is 140 Å². The van der Waals surface area contributed by atoms with E-state index in [1.807, 2.05) is 171 Å². The summed E-state index contributed by atoms with van der Waals surface area (Å²) in [4.78, 5) is 106. The van der Waals surface area contributed by atoms with Crippen molar-refractivity contribution in [3.8, 4) is 0 Å². The molecule has 0 saturated carbocycles. The maximum atomic E-state index is 12.5. The maximum absolute atomic E-state index is 12.5. The molecular formula is C75H82N16O6. The molecule has 22 nitrogen and oxygen atoms in total. The molecule has 97 heavy (non-hydrogen) atoms.